The molecule has 1 aromatic rings. The molecule has 20 heavy (non-hydrogen) atoms. The highest BCUT2D eigenvalue weighted by atomic mass is 16.6. The zero-order valence-electron chi connectivity index (χ0n) is 12.6. The molecule has 1 N–H and O–H groups in total. The van der Waals surface area contributed by atoms with Crippen LogP contribution >= 0.6 is 0 Å². The first-order chi connectivity index (χ1) is 9.22. The summed E-state index contributed by atoms with van der Waals surface area (Å²) in [5.41, 5.74) is 0.701. The SMILES string of the molecule is CCC(C)C(C)C(=O)c1cc(C)c(C)c([N+](=O)[O-])c1O. The molecule has 2 atom stereocenters. The average Bonchev–Trinajstić information content (AvgIpc) is 2.40. The molecule has 0 heterocycles. The minimum absolute atomic E-state index is 0.0487. The van der Waals surface area contributed by atoms with Crippen LogP contribution in [0.5, 0.6) is 5.75 Å². The molecule has 0 aliphatic heterocycles. The van der Waals surface area contributed by atoms with E-state index in [1.807, 2.05) is 13.8 Å². The molecular weight excluding hydrogens is 258 g/mol. The molecule has 0 aliphatic carbocycles. The predicted octanol–water partition coefficient (Wildman–Crippen LogP) is 3.78. The summed E-state index contributed by atoms with van der Waals surface area (Å²) in [5, 5.41) is 21.1. The van der Waals surface area contributed by atoms with E-state index in [-0.39, 0.29) is 28.9 Å². The van der Waals surface area contributed by atoms with Crippen molar-refractivity contribution < 1.29 is 14.8 Å². The predicted molar refractivity (Wildman–Crippen MR) is 77.2 cm³/mol. The number of ketones is 1. The van der Waals surface area contributed by atoms with Crippen molar-refractivity contribution in [2.75, 3.05) is 0 Å². The lowest BCUT2D eigenvalue weighted by atomic mass is 9.85. The lowest BCUT2D eigenvalue weighted by Crippen LogP contribution is -2.19. The second-order valence-corrected chi connectivity index (χ2v) is 5.36. The highest BCUT2D eigenvalue weighted by Gasteiger charge is 2.29. The Morgan fingerprint density at radius 2 is 1.95 bits per heavy atom. The standard InChI is InChI=1S/C15H21NO4/c1-6-8(2)11(5)14(17)12-7-9(3)10(4)13(15(12)18)16(19)20/h7-8,11,18H,6H2,1-5H3. The number of aromatic hydroxyl groups is 1. The van der Waals surface area contributed by atoms with Crippen LogP contribution in [0, 0.1) is 35.8 Å². The maximum absolute atomic E-state index is 12.4. The first kappa shape index (κ1) is 16.1. The maximum Gasteiger partial charge on any atom is 0.314 e. The smallest absolute Gasteiger partial charge is 0.314 e. The molecule has 110 valence electrons. The van der Waals surface area contributed by atoms with Gasteiger partial charge in [0.05, 0.1) is 10.5 Å². The van der Waals surface area contributed by atoms with Crippen LogP contribution < -0.4 is 0 Å². The Bertz CT molecular complexity index is 551. The third-order valence-electron chi connectivity index (χ3n) is 4.15. The molecule has 5 nitrogen and oxygen atoms in total. The molecule has 0 aliphatic rings. The Balaban J connectivity index is 3.40. The fourth-order valence-electron chi connectivity index (χ4n) is 2.15. The van der Waals surface area contributed by atoms with Gasteiger partial charge in [-0.1, -0.05) is 27.2 Å². The molecule has 0 saturated heterocycles. The number of phenols is 1. The Hall–Kier alpha value is -1.91. The van der Waals surface area contributed by atoms with Crippen LogP contribution in [0.4, 0.5) is 5.69 Å². The van der Waals surface area contributed by atoms with Crippen LogP contribution in [0.2, 0.25) is 0 Å². The second-order valence-electron chi connectivity index (χ2n) is 5.36. The number of hydrogen-bond acceptors (Lipinski definition) is 4. The number of carbonyl (C=O) groups excluding carboxylic acids is 1. The highest BCUT2D eigenvalue weighted by Crippen LogP contribution is 2.37. The van der Waals surface area contributed by atoms with Gasteiger partial charge < -0.3 is 5.11 Å². The maximum atomic E-state index is 12.4. The average molecular weight is 279 g/mol. The lowest BCUT2D eigenvalue weighted by molar-refractivity contribution is -0.386. The molecule has 0 bridgehead atoms. The first-order valence-corrected chi connectivity index (χ1v) is 6.74. The van der Waals surface area contributed by atoms with Gasteiger partial charge in [-0.2, -0.15) is 0 Å². The molecule has 0 radical (unpaired) electrons. The second kappa shape index (κ2) is 6.03. The minimum atomic E-state index is -0.637. The molecule has 0 aromatic heterocycles. The van der Waals surface area contributed by atoms with E-state index in [0.29, 0.717) is 11.1 Å². The van der Waals surface area contributed by atoms with Crippen molar-refractivity contribution in [2.24, 2.45) is 11.8 Å². The number of benzene rings is 1. The molecule has 1 aromatic carbocycles. The number of carbonyl (C=O) groups is 1. The Morgan fingerprint density at radius 1 is 1.40 bits per heavy atom. The normalized spacial score (nSPS) is 13.8. The van der Waals surface area contributed by atoms with Crippen LogP contribution in [0.1, 0.15) is 48.7 Å². The van der Waals surface area contributed by atoms with Crippen LogP contribution in [0.3, 0.4) is 0 Å². The van der Waals surface area contributed by atoms with Gasteiger partial charge in [-0.25, -0.2) is 0 Å². The number of phenolic OH excluding ortho intramolecular Hbond substituents is 1. The Kier molecular flexibility index (Phi) is 4.87. The summed E-state index contributed by atoms with van der Waals surface area (Å²) < 4.78 is 0. The van der Waals surface area contributed by atoms with Gasteiger partial charge in [-0.15, -0.1) is 0 Å². The molecule has 1 rings (SSSR count). The summed E-state index contributed by atoms with van der Waals surface area (Å²) in [5.74, 6) is -0.892. The van der Waals surface area contributed by atoms with E-state index in [4.69, 9.17) is 0 Å². The van der Waals surface area contributed by atoms with Crippen LogP contribution in [-0.2, 0) is 0 Å². The number of rotatable bonds is 5. The van der Waals surface area contributed by atoms with E-state index in [1.165, 1.54) is 0 Å². The van der Waals surface area contributed by atoms with Crippen molar-refractivity contribution in [2.45, 2.75) is 41.0 Å². The zero-order chi connectivity index (χ0) is 15.6. The summed E-state index contributed by atoms with van der Waals surface area (Å²) in [6, 6.07) is 1.54. The first-order valence-electron chi connectivity index (χ1n) is 6.74. The van der Waals surface area contributed by atoms with E-state index in [2.05, 4.69) is 0 Å². The monoisotopic (exact) mass is 279 g/mol. The van der Waals surface area contributed by atoms with Crippen molar-refractivity contribution in [3.8, 4) is 5.75 Å². The van der Waals surface area contributed by atoms with E-state index < -0.39 is 10.7 Å². The third-order valence-corrected chi connectivity index (χ3v) is 4.15. The minimum Gasteiger partial charge on any atom is -0.502 e. The molecule has 2 unspecified atom stereocenters. The van der Waals surface area contributed by atoms with E-state index in [9.17, 15) is 20.0 Å². The van der Waals surface area contributed by atoms with Gasteiger partial charge in [0.2, 0.25) is 5.75 Å². The summed E-state index contributed by atoms with van der Waals surface area (Å²) in [7, 11) is 0. The molecule has 0 amide bonds. The van der Waals surface area contributed by atoms with Gasteiger partial charge in [0, 0.05) is 11.5 Å². The number of Topliss-reactive ketones (excluding diaryl/α,β-unsaturated/α-hetero) is 1. The van der Waals surface area contributed by atoms with Crippen LogP contribution in [-0.4, -0.2) is 15.8 Å². The molecule has 0 spiro atoms. The van der Waals surface area contributed by atoms with E-state index in [0.717, 1.165) is 6.42 Å². The van der Waals surface area contributed by atoms with Gasteiger partial charge in [0.1, 0.15) is 0 Å². The van der Waals surface area contributed by atoms with Crippen molar-refractivity contribution in [1.82, 2.24) is 0 Å². The number of nitrogens with zero attached hydrogens (tertiary/aromatic N) is 1. The van der Waals surface area contributed by atoms with E-state index in [1.54, 1.807) is 26.8 Å². The van der Waals surface area contributed by atoms with E-state index >= 15 is 0 Å². The number of hydrogen-bond donors (Lipinski definition) is 1. The quantitative estimate of drug-likeness (QED) is 0.505. The van der Waals surface area contributed by atoms with Crippen LogP contribution in [0.25, 0.3) is 0 Å². The lowest BCUT2D eigenvalue weighted by Gasteiger charge is -2.18. The molecule has 0 saturated carbocycles. The third kappa shape index (κ3) is 2.81. The molecule has 5 heteroatoms. The van der Waals surface area contributed by atoms with Gasteiger partial charge in [0.25, 0.3) is 0 Å². The summed E-state index contributed by atoms with van der Waals surface area (Å²) in [6.07, 6.45) is 0.834. The fourth-order valence-corrected chi connectivity index (χ4v) is 2.15. The van der Waals surface area contributed by atoms with Gasteiger partial charge in [0.15, 0.2) is 5.78 Å². The van der Waals surface area contributed by atoms with Gasteiger partial charge in [-0.05, 0) is 31.4 Å². The molecular formula is C15H21NO4. The Morgan fingerprint density at radius 3 is 2.40 bits per heavy atom. The van der Waals surface area contributed by atoms with Crippen LogP contribution in [0.15, 0.2) is 6.07 Å². The van der Waals surface area contributed by atoms with Crippen molar-refractivity contribution in [3.63, 3.8) is 0 Å². The van der Waals surface area contributed by atoms with Crippen molar-refractivity contribution in [3.05, 3.63) is 32.9 Å². The summed E-state index contributed by atoms with van der Waals surface area (Å²) in [6.45, 7) is 9.00. The van der Waals surface area contributed by atoms with Crippen molar-refractivity contribution >= 4 is 11.5 Å². The summed E-state index contributed by atoms with van der Waals surface area (Å²) >= 11 is 0. The summed E-state index contributed by atoms with van der Waals surface area (Å²) in [4.78, 5) is 22.8. The number of aryl methyl sites for hydroxylation is 1. The van der Waals surface area contributed by atoms with Gasteiger partial charge >= 0.3 is 5.69 Å². The topological polar surface area (TPSA) is 80.4 Å². The van der Waals surface area contributed by atoms with Crippen molar-refractivity contribution in [1.29, 1.82) is 0 Å². The number of nitro groups is 1. The fraction of sp³-hybridized carbons (Fsp3) is 0.533. The Labute approximate surface area is 118 Å². The largest absolute Gasteiger partial charge is 0.502 e. The zero-order valence-corrected chi connectivity index (χ0v) is 12.6. The number of nitro benzene ring substituents is 1. The highest BCUT2D eigenvalue weighted by molar-refractivity contribution is 6.01. The molecule has 0 fully saturated rings. The van der Waals surface area contributed by atoms with Gasteiger partial charge in [-0.3, -0.25) is 14.9 Å².